The first kappa shape index (κ1) is 27.4. The Morgan fingerprint density at radius 2 is 0.893 bits per heavy atom. The van der Waals surface area contributed by atoms with Crippen LogP contribution in [0.3, 0.4) is 0 Å². The lowest BCUT2D eigenvalue weighted by molar-refractivity contribution is -0.0531. The molecular weight excluding hydrogens is 344 g/mol. The maximum Gasteiger partial charge on any atom is 0.146 e. The fourth-order valence-corrected chi connectivity index (χ4v) is 3.16. The molecule has 0 rings (SSSR count). The van der Waals surface area contributed by atoms with Gasteiger partial charge in [-0.2, -0.15) is 0 Å². The van der Waals surface area contributed by atoms with Gasteiger partial charge < -0.3 is 9.47 Å². The van der Waals surface area contributed by atoms with Crippen LogP contribution in [-0.2, 0) is 9.47 Å². The maximum absolute atomic E-state index is 5.50. The Morgan fingerprint density at radius 1 is 0.429 bits per heavy atom. The Balaban J connectivity index is 3.10. The summed E-state index contributed by atoms with van der Waals surface area (Å²) in [5.41, 5.74) is 0. The maximum atomic E-state index is 5.50. The van der Waals surface area contributed by atoms with Crippen LogP contribution in [0.1, 0.15) is 123 Å². The molecule has 28 heavy (non-hydrogen) atoms. The topological polar surface area (TPSA) is 18.5 Å². The highest BCUT2D eigenvalue weighted by atomic mass is 16.7. The lowest BCUT2D eigenvalue weighted by Gasteiger charge is -2.04. The summed E-state index contributed by atoms with van der Waals surface area (Å²) in [5.74, 6) is 0. The standard InChI is InChI=1S/C26H50O2/c1-3-5-7-9-10-11-12-13-14-15-16-17-18-19-21-23-25-28-26-27-24-22-20-8-6-4-2/h9-10,19,21H,3-8,11-18,20,22-26H2,1-2H3/b10-9+,21-19+. The second kappa shape index (κ2) is 26.4. The Hall–Kier alpha value is -0.600. The molecule has 0 saturated heterocycles. The summed E-state index contributed by atoms with van der Waals surface area (Å²) >= 11 is 0. The summed E-state index contributed by atoms with van der Waals surface area (Å²) in [5, 5.41) is 0. The van der Waals surface area contributed by atoms with E-state index in [4.69, 9.17) is 9.47 Å². The zero-order valence-corrected chi connectivity index (χ0v) is 19.3. The Kier molecular flexibility index (Phi) is 25.8. The van der Waals surface area contributed by atoms with Gasteiger partial charge in [-0.3, -0.25) is 0 Å². The molecule has 2 heteroatoms. The molecule has 0 saturated carbocycles. The van der Waals surface area contributed by atoms with Gasteiger partial charge in [0.15, 0.2) is 0 Å². The van der Waals surface area contributed by atoms with Crippen molar-refractivity contribution in [3.8, 4) is 0 Å². The van der Waals surface area contributed by atoms with Gasteiger partial charge in [0.2, 0.25) is 0 Å². The van der Waals surface area contributed by atoms with E-state index in [2.05, 4.69) is 38.2 Å². The summed E-state index contributed by atoms with van der Waals surface area (Å²) in [7, 11) is 0. The van der Waals surface area contributed by atoms with Gasteiger partial charge >= 0.3 is 0 Å². The number of allylic oxidation sites excluding steroid dienone is 3. The Morgan fingerprint density at radius 3 is 1.54 bits per heavy atom. The van der Waals surface area contributed by atoms with Gasteiger partial charge in [0.1, 0.15) is 6.79 Å². The van der Waals surface area contributed by atoms with Crippen LogP contribution in [0.2, 0.25) is 0 Å². The number of hydrogen-bond acceptors (Lipinski definition) is 2. The lowest BCUT2D eigenvalue weighted by Crippen LogP contribution is -2.02. The minimum Gasteiger partial charge on any atom is -0.355 e. The molecule has 0 spiro atoms. The highest BCUT2D eigenvalue weighted by Gasteiger charge is 1.92. The predicted molar refractivity (Wildman–Crippen MR) is 125 cm³/mol. The minimum absolute atomic E-state index is 0.455. The Labute approximate surface area is 177 Å². The van der Waals surface area contributed by atoms with Crippen LogP contribution in [0.15, 0.2) is 24.3 Å². The van der Waals surface area contributed by atoms with Crippen LogP contribution in [-0.4, -0.2) is 20.0 Å². The van der Waals surface area contributed by atoms with Crippen molar-refractivity contribution in [3.05, 3.63) is 24.3 Å². The molecule has 0 aliphatic heterocycles. The van der Waals surface area contributed by atoms with E-state index in [0.29, 0.717) is 6.79 Å². The van der Waals surface area contributed by atoms with E-state index in [9.17, 15) is 0 Å². The van der Waals surface area contributed by atoms with Crippen molar-refractivity contribution in [1.29, 1.82) is 0 Å². The SMILES string of the molecule is CCCC/C=C/CCCCCCCC/C=C/CCOCOCCCCCCC. The zero-order chi connectivity index (χ0) is 20.4. The highest BCUT2D eigenvalue weighted by Crippen LogP contribution is 2.10. The van der Waals surface area contributed by atoms with E-state index in [1.807, 2.05) is 0 Å². The van der Waals surface area contributed by atoms with Gasteiger partial charge in [0, 0.05) is 6.61 Å². The van der Waals surface area contributed by atoms with Crippen LogP contribution < -0.4 is 0 Å². The molecule has 0 atom stereocenters. The lowest BCUT2D eigenvalue weighted by atomic mass is 10.1. The number of hydrogen-bond donors (Lipinski definition) is 0. The fraction of sp³-hybridized carbons (Fsp3) is 0.846. The molecule has 166 valence electrons. The molecule has 0 aliphatic rings. The highest BCUT2D eigenvalue weighted by molar-refractivity contribution is 4.82. The van der Waals surface area contributed by atoms with E-state index in [1.165, 1.54) is 103 Å². The summed E-state index contributed by atoms with van der Waals surface area (Å²) in [4.78, 5) is 0. The van der Waals surface area contributed by atoms with Crippen molar-refractivity contribution in [1.82, 2.24) is 0 Å². The molecule has 0 unspecified atom stereocenters. The first-order valence-electron chi connectivity index (χ1n) is 12.4. The van der Waals surface area contributed by atoms with Gasteiger partial charge in [0.05, 0.1) is 6.61 Å². The molecule has 0 aliphatic carbocycles. The largest absolute Gasteiger partial charge is 0.355 e. The van der Waals surface area contributed by atoms with Gasteiger partial charge in [-0.05, 0) is 44.9 Å². The zero-order valence-electron chi connectivity index (χ0n) is 19.3. The summed E-state index contributed by atoms with van der Waals surface area (Å²) in [6.07, 6.45) is 31.4. The van der Waals surface area contributed by atoms with Crippen LogP contribution >= 0.6 is 0 Å². The molecule has 0 heterocycles. The van der Waals surface area contributed by atoms with Gasteiger partial charge in [-0.15, -0.1) is 0 Å². The van der Waals surface area contributed by atoms with E-state index >= 15 is 0 Å². The first-order chi connectivity index (χ1) is 13.9. The molecule has 2 nitrogen and oxygen atoms in total. The van der Waals surface area contributed by atoms with Crippen molar-refractivity contribution >= 4 is 0 Å². The van der Waals surface area contributed by atoms with E-state index < -0.39 is 0 Å². The van der Waals surface area contributed by atoms with Crippen molar-refractivity contribution in [2.45, 2.75) is 123 Å². The van der Waals surface area contributed by atoms with Crippen LogP contribution in [0.25, 0.3) is 0 Å². The summed E-state index contributed by atoms with van der Waals surface area (Å²) in [6, 6.07) is 0. The average Bonchev–Trinajstić information content (AvgIpc) is 2.71. The third-order valence-electron chi connectivity index (χ3n) is 5.04. The number of rotatable bonds is 23. The monoisotopic (exact) mass is 394 g/mol. The normalized spacial score (nSPS) is 11.9. The molecule has 0 aromatic heterocycles. The molecule has 0 fully saturated rings. The molecule has 0 N–H and O–H groups in total. The van der Waals surface area contributed by atoms with Crippen molar-refractivity contribution in [3.63, 3.8) is 0 Å². The van der Waals surface area contributed by atoms with Gasteiger partial charge in [0.25, 0.3) is 0 Å². The second-order valence-electron chi connectivity index (χ2n) is 7.92. The molecular formula is C26H50O2. The third-order valence-corrected chi connectivity index (χ3v) is 5.04. The predicted octanol–water partition coefficient (Wildman–Crippen LogP) is 8.76. The molecule has 0 aromatic rings. The fourth-order valence-electron chi connectivity index (χ4n) is 3.16. The van der Waals surface area contributed by atoms with E-state index in [-0.39, 0.29) is 0 Å². The Bertz CT molecular complexity index is 322. The van der Waals surface area contributed by atoms with Crippen LogP contribution in [0.5, 0.6) is 0 Å². The molecule has 0 aromatic carbocycles. The van der Waals surface area contributed by atoms with E-state index in [0.717, 1.165) is 19.6 Å². The second-order valence-corrected chi connectivity index (χ2v) is 7.92. The third kappa shape index (κ3) is 25.4. The molecule has 0 amide bonds. The smallest absolute Gasteiger partial charge is 0.146 e. The van der Waals surface area contributed by atoms with Crippen molar-refractivity contribution in [2.24, 2.45) is 0 Å². The van der Waals surface area contributed by atoms with Crippen molar-refractivity contribution in [2.75, 3.05) is 20.0 Å². The minimum atomic E-state index is 0.455. The van der Waals surface area contributed by atoms with Crippen LogP contribution in [0, 0.1) is 0 Å². The number of ether oxygens (including phenoxy) is 2. The molecule has 0 bridgehead atoms. The van der Waals surface area contributed by atoms with Crippen LogP contribution in [0.4, 0.5) is 0 Å². The molecule has 0 radical (unpaired) electrons. The van der Waals surface area contributed by atoms with Crippen molar-refractivity contribution < 1.29 is 9.47 Å². The average molecular weight is 395 g/mol. The van der Waals surface area contributed by atoms with E-state index in [1.54, 1.807) is 0 Å². The van der Waals surface area contributed by atoms with Gasteiger partial charge in [-0.25, -0.2) is 0 Å². The summed E-state index contributed by atoms with van der Waals surface area (Å²) < 4.78 is 11.0. The first-order valence-corrected chi connectivity index (χ1v) is 12.4. The number of unbranched alkanes of at least 4 members (excludes halogenated alkanes) is 13. The van der Waals surface area contributed by atoms with Gasteiger partial charge in [-0.1, -0.05) is 102 Å². The summed E-state index contributed by atoms with van der Waals surface area (Å²) in [6.45, 7) is 6.58. The quantitative estimate of drug-likeness (QED) is 0.0979.